The summed E-state index contributed by atoms with van der Waals surface area (Å²) in [4.78, 5) is 16.9. The molecule has 0 N–H and O–H groups in total. The van der Waals surface area contributed by atoms with E-state index < -0.39 is 0 Å². The molecule has 6 heteroatoms. The number of hydrogen-bond donors (Lipinski definition) is 0. The zero-order chi connectivity index (χ0) is 18.5. The van der Waals surface area contributed by atoms with Gasteiger partial charge in [0.1, 0.15) is 11.5 Å². The number of piperazine rings is 1. The van der Waals surface area contributed by atoms with Crippen LogP contribution >= 0.6 is 11.6 Å². The van der Waals surface area contributed by atoms with Crippen LogP contribution in [0.25, 0.3) is 0 Å². The lowest BCUT2D eigenvalue weighted by Crippen LogP contribution is -2.48. The summed E-state index contributed by atoms with van der Waals surface area (Å²) in [5, 5.41) is 0.702. The number of hydrogen-bond acceptors (Lipinski definition) is 4. The molecule has 5 nitrogen and oxygen atoms in total. The fourth-order valence-corrected chi connectivity index (χ4v) is 3.35. The number of methoxy groups -OCH3 is 2. The first-order valence-corrected chi connectivity index (χ1v) is 8.96. The molecule has 0 atom stereocenters. The van der Waals surface area contributed by atoms with E-state index in [0.29, 0.717) is 29.4 Å². The second kappa shape index (κ2) is 8.43. The summed E-state index contributed by atoms with van der Waals surface area (Å²) < 4.78 is 10.6. The predicted molar refractivity (Wildman–Crippen MR) is 102 cm³/mol. The second-order valence-corrected chi connectivity index (χ2v) is 6.69. The van der Waals surface area contributed by atoms with Crippen LogP contribution in [0.3, 0.4) is 0 Å². The van der Waals surface area contributed by atoms with E-state index in [-0.39, 0.29) is 5.91 Å². The lowest BCUT2D eigenvalue weighted by Gasteiger charge is -2.35. The minimum Gasteiger partial charge on any atom is -0.497 e. The summed E-state index contributed by atoms with van der Waals surface area (Å²) in [6.07, 6.45) is 0. The monoisotopic (exact) mass is 374 g/mol. The Kier molecular flexibility index (Phi) is 6.01. The first-order chi connectivity index (χ1) is 12.6. The molecule has 0 saturated carbocycles. The van der Waals surface area contributed by atoms with E-state index in [1.54, 1.807) is 20.3 Å². The van der Waals surface area contributed by atoms with E-state index in [1.807, 2.05) is 41.3 Å². The van der Waals surface area contributed by atoms with Gasteiger partial charge in [-0.1, -0.05) is 17.7 Å². The Morgan fingerprint density at radius 3 is 2.50 bits per heavy atom. The van der Waals surface area contributed by atoms with Crippen LogP contribution in [0.1, 0.15) is 15.9 Å². The Labute approximate surface area is 159 Å². The molecule has 0 aromatic heterocycles. The molecule has 1 aliphatic heterocycles. The molecule has 0 bridgehead atoms. The molecule has 0 aliphatic carbocycles. The number of halogens is 1. The van der Waals surface area contributed by atoms with Gasteiger partial charge in [0.15, 0.2) is 0 Å². The molecule has 1 saturated heterocycles. The third-order valence-corrected chi connectivity index (χ3v) is 4.85. The molecular weight excluding hydrogens is 352 g/mol. The van der Waals surface area contributed by atoms with Crippen molar-refractivity contribution < 1.29 is 14.3 Å². The van der Waals surface area contributed by atoms with Crippen LogP contribution in [0.4, 0.5) is 0 Å². The summed E-state index contributed by atoms with van der Waals surface area (Å²) in [6, 6.07) is 12.9. The van der Waals surface area contributed by atoms with Gasteiger partial charge in [-0.05, 0) is 36.4 Å². The number of carbonyl (C=O) groups is 1. The normalized spacial score (nSPS) is 15.0. The van der Waals surface area contributed by atoms with Gasteiger partial charge in [-0.2, -0.15) is 0 Å². The average molecular weight is 375 g/mol. The van der Waals surface area contributed by atoms with Crippen molar-refractivity contribution in [3.8, 4) is 11.5 Å². The van der Waals surface area contributed by atoms with Gasteiger partial charge in [0.2, 0.25) is 0 Å². The first kappa shape index (κ1) is 18.5. The maximum atomic E-state index is 12.7. The Morgan fingerprint density at radius 2 is 1.81 bits per heavy atom. The lowest BCUT2D eigenvalue weighted by molar-refractivity contribution is 0.0627. The average Bonchev–Trinajstić information content (AvgIpc) is 2.68. The summed E-state index contributed by atoms with van der Waals surface area (Å²) in [6.45, 7) is 3.76. The predicted octanol–water partition coefficient (Wildman–Crippen LogP) is 3.32. The van der Waals surface area contributed by atoms with Gasteiger partial charge in [-0.15, -0.1) is 0 Å². The molecule has 1 heterocycles. The van der Waals surface area contributed by atoms with Gasteiger partial charge in [0, 0.05) is 48.9 Å². The maximum absolute atomic E-state index is 12.7. The van der Waals surface area contributed by atoms with Crippen molar-refractivity contribution in [2.75, 3.05) is 40.4 Å². The van der Waals surface area contributed by atoms with Crippen molar-refractivity contribution in [1.82, 2.24) is 9.80 Å². The standard InChI is InChI=1S/C20H23ClN2O3/c1-25-18-5-3-4-15(13-18)20(24)23-10-8-22(9-11-23)14-16-12-17(21)6-7-19(16)26-2/h3-7,12-13H,8-11,14H2,1-2H3. The Morgan fingerprint density at radius 1 is 1.04 bits per heavy atom. The van der Waals surface area contributed by atoms with Crippen LogP contribution in [-0.4, -0.2) is 56.1 Å². The highest BCUT2D eigenvalue weighted by Crippen LogP contribution is 2.24. The van der Waals surface area contributed by atoms with Crippen molar-refractivity contribution in [2.24, 2.45) is 0 Å². The topological polar surface area (TPSA) is 42.0 Å². The number of benzene rings is 2. The van der Waals surface area contributed by atoms with E-state index in [4.69, 9.17) is 21.1 Å². The Balaban J connectivity index is 1.60. The van der Waals surface area contributed by atoms with Crippen molar-refractivity contribution in [1.29, 1.82) is 0 Å². The van der Waals surface area contributed by atoms with Crippen LogP contribution in [0.2, 0.25) is 5.02 Å². The third-order valence-electron chi connectivity index (χ3n) is 4.61. The number of carbonyl (C=O) groups excluding carboxylic acids is 1. The number of nitrogens with zero attached hydrogens (tertiary/aromatic N) is 2. The minimum absolute atomic E-state index is 0.0453. The highest BCUT2D eigenvalue weighted by Gasteiger charge is 2.23. The molecule has 0 radical (unpaired) electrons. The largest absolute Gasteiger partial charge is 0.497 e. The summed E-state index contributed by atoms with van der Waals surface area (Å²) in [7, 11) is 3.27. The summed E-state index contributed by atoms with van der Waals surface area (Å²) in [5.74, 6) is 1.58. The van der Waals surface area contributed by atoms with E-state index in [0.717, 1.165) is 30.9 Å². The van der Waals surface area contributed by atoms with Gasteiger partial charge >= 0.3 is 0 Å². The fourth-order valence-electron chi connectivity index (χ4n) is 3.16. The number of rotatable bonds is 5. The smallest absolute Gasteiger partial charge is 0.254 e. The zero-order valence-electron chi connectivity index (χ0n) is 15.1. The van der Waals surface area contributed by atoms with Crippen molar-refractivity contribution in [3.05, 3.63) is 58.6 Å². The van der Waals surface area contributed by atoms with E-state index in [1.165, 1.54) is 0 Å². The second-order valence-electron chi connectivity index (χ2n) is 6.26. The van der Waals surface area contributed by atoms with Crippen LogP contribution in [0, 0.1) is 0 Å². The number of ether oxygens (including phenoxy) is 2. The van der Waals surface area contributed by atoms with E-state index >= 15 is 0 Å². The maximum Gasteiger partial charge on any atom is 0.254 e. The van der Waals surface area contributed by atoms with Gasteiger partial charge in [-0.25, -0.2) is 0 Å². The van der Waals surface area contributed by atoms with E-state index in [2.05, 4.69) is 4.90 Å². The van der Waals surface area contributed by atoms with Crippen LogP contribution < -0.4 is 9.47 Å². The van der Waals surface area contributed by atoms with Crippen molar-refractivity contribution in [3.63, 3.8) is 0 Å². The van der Waals surface area contributed by atoms with Crippen molar-refractivity contribution in [2.45, 2.75) is 6.54 Å². The molecule has 2 aromatic carbocycles. The quantitative estimate of drug-likeness (QED) is 0.805. The highest BCUT2D eigenvalue weighted by molar-refractivity contribution is 6.30. The molecule has 1 amide bonds. The molecule has 1 fully saturated rings. The Bertz CT molecular complexity index is 773. The summed E-state index contributed by atoms with van der Waals surface area (Å²) >= 11 is 6.11. The molecule has 138 valence electrons. The van der Waals surface area contributed by atoms with Crippen molar-refractivity contribution >= 4 is 17.5 Å². The Hall–Kier alpha value is -2.24. The van der Waals surface area contributed by atoms with Gasteiger partial charge in [0.25, 0.3) is 5.91 Å². The minimum atomic E-state index is 0.0453. The molecule has 2 aromatic rings. The first-order valence-electron chi connectivity index (χ1n) is 8.59. The molecule has 1 aliphatic rings. The van der Waals surface area contributed by atoms with Gasteiger partial charge in [0.05, 0.1) is 14.2 Å². The molecule has 3 rings (SSSR count). The molecule has 26 heavy (non-hydrogen) atoms. The summed E-state index contributed by atoms with van der Waals surface area (Å²) in [5.41, 5.74) is 1.72. The SMILES string of the molecule is COc1cccc(C(=O)N2CCN(Cc3cc(Cl)ccc3OC)CC2)c1. The van der Waals surface area contributed by atoms with Gasteiger partial charge < -0.3 is 14.4 Å². The van der Waals surface area contributed by atoms with Crippen LogP contribution in [0.15, 0.2) is 42.5 Å². The van der Waals surface area contributed by atoms with Crippen LogP contribution in [0.5, 0.6) is 11.5 Å². The lowest BCUT2D eigenvalue weighted by atomic mass is 10.1. The fraction of sp³-hybridized carbons (Fsp3) is 0.350. The molecule has 0 unspecified atom stereocenters. The zero-order valence-corrected chi connectivity index (χ0v) is 15.8. The molecular formula is C20H23ClN2O3. The molecule has 0 spiro atoms. The van der Waals surface area contributed by atoms with Crippen LogP contribution in [-0.2, 0) is 6.54 Å². The highest BCUT2D eigenvalue weighted by atomic mass is 35.5. The third kappa shape index (κ3) is 4.29. The van der Waals surface area contributed by atoms with E-state index in [9.17, 15) is 4.79 Å². The van der Waals surface area contributed by atoms with Gasteiger partial charge in [-0.3, -0.25) is 9.69 Å². The number of amides is 1.